The van der Waals surface area contributed by atoms with Gasteiger partial charge in [-0.2, -0.15) is 0 Å². The van der Waals surface area contributed by atoms with E-state index in [0.29, 0.717) is 19.3 Å². The molecule has 2 fully saturated rings. The quantitative estimate of drug-likeness (QED) is 0.467. The van der Waals surface area contributed by atoms with Crippen LogP contribution >= 0.6 is 0 Å². The fraction of sp³-hybridized carbons (Fsp3) is 0.567. The van der Waals surface area contributed by atoms with Crippen LogP contribution in [0.4, 0.5) is 4.39 Å². The summed E-state index contributed by atoms with van der Waals surface area (Å²) >= 11 is 0. The van der Waals surface area contributed by atoms with E-state index in [1.165, 1.54) is 11.1 Å². The summed E-state index contributed by atoms with van der Waals surface area (Å²) < 4.78 is 16.1. The lowest BCUT2D eigenvalue weighted by Crippen LogP contribution is -2.49. The number of nitrogens with one attached hydrogen (secondary N) is 1. The summed E-state index contributed by atoms with van der Waals surface area (Å²) in [6.07, 6.45) is 10.5. The predicted molar refractivity (Wildman–Crippen MR) is 140 cm³/mol. The van der Waals surface area contributed by atoms with E-state index in [1.807, 2.05) is 32.4 Å². The maximum absolute atomic E-state index is 16.1. The first-order valence-electron chi connectivity index (χ1n) is 13.2. The summed E-state index contributed by atoms with van der Waals surface area (Å²) in [6.45, 7) is 2.28. The summed E-state index contributed by atoms with van der Waals surface area (Å²) in [6, 6.07) is 10.4. The maximum atomic E-state index is 16.1. The van der Waals surface area contributed by atoms with Gasteiger partial charge in [0.05, 0.1) is 17.2 Å². The van der Waals surface area contributed by atoms with Gasteiger partial charge in [0, 0.05) is 35.8 Å². The highest BCUT2D eigenvalue weighted by molar-refractivity contribution is 5.93. The minimum absolute atomic E-state index is 0.0469. The third kappa shape index (κ3) is 3.96. The number of allylic oxidation sites excluding steroid dienone is 3. The summed E-state index contributed by atoms with van der Waals surface area (Å²) in [5.41, 5.74) is 1.80. The van der Waals surface area contributed by atoms with E-state index >= 15 is 4.39 Å². The number of pyridine rings is 1. The van der Waals surface area contributed by atoms with Gasteiger partial charge in [-0.3, -0.25) is 4.98 Å². The van der Waals surface area contributed by atoms with Crippen molar-refractivity contribution in [1.82, 2.24) is 10.3 Å². The molecule has 0 bridgehead atoms. The summed E-state index contributed by atoms with van der Waals surface area (Å²) in [5, 5.41) is 26.2. The molecule has 0 spiro atoms. The number of fused-ring (bicyclic) bond motifs is 5. The molecule has 4 aliphatic rings. The second kappa shape index (κ2) is 9.10. The zero-order valence-corrected chi connectivity index (χ0v) is 21.2. The van der Waals surface area contributed by atoms with Gasteiger partial charge in [-0.25, -0.2) is 4.39 Å². The second-order valence-electron chi connectivity index (χ2n) is 11.4. The van der Waals surface area contributed by atoms with Crippen LogP contribution in [-0.4, -0.2) is 46.7 Å². The molecule has 5 unspecified atom stereocenters. The van der Waals surface area contributed by atoms with Gasteiger partial charge in [-0.1, -0.05) is 37.3 Å². The summed E-state index contributed by atoms with van der Waals surface area (Å²) in [5.74, 6) is -0.0174. The molecular weight excluding hydrogens is 439 g/mol. The van der Waals surface area contributed by atoms with Crippen LogP contribution in [0.3, 0.4) is 0 Å². The highest BCUT2D eigenvalue weighted by atomic mass is 19.1. The molecule has 1 aromatic heterocycles. The molecule has 3 N–H and O–H groups in total. The zero-order chi connectivity index (χ0) is 24.8. The van der Waals surface area contributed by atoms with Gasteiger partial charge in [0.15, 0.2) is 0 Å². The first kappa shape index (κ1) is 24.6. The van der Waals surface area contributed by atoms with Crippen molar-refractivity contribution < 1.29 is 14.6 Å². The van der Waals surface area contributed by atoms with Crippen LogP contribution in [0.2, 0.25) is 0 Å². The average molecular weight is 479 g/mol. The van der Waals surface area contributed by atoms with Crippen LogP contribution in [0, 0.1) is 17.3 Å². The predicted octanol–water partition coefficient (Wildman–Crippen LogP) is 5.59. The number of alkyl halides is 1. The van der Waals surface area contributed by atoms with E-state index in [1.54, 1.807) is 0 Å². The van der Waals surface area contributed by atoms with E-state index < -0.39 is 17.4 Å². The number of nitrogens with zero attached hydrogens (tertiary/aromatic N) is 1. The number of rotatable bonds is 1. The van der Waals surface area contributed by atoms with Crippen molar-refractivity contribution >= 4 is 16.5 Å². The molecule has 35 heavy (non-hydrogen) atoms. The Labute approximate surface area is 208 Å². The van der Waals surface area contributed by atoms with E-state index in [2.05, 4.69) is 47.6 Å². The van der Waals surface area contributed by atoms with Crippen molar-refractivity contribution in [1.29, 1.82) is 0 Å². The van der Waals surface area contributed by atoms with Crippen molar-refractivity contribution in [2.24, 2.45) is 17.3 Å². The monoisotopic (exact) mass is 478 g/mol. The fourth-order valence-electron chi connectivity index (χ4n) is 7.59. The zero-order valence-electron chi connectivity index (χ0n) is 21.2. The molecule has 0 aliphatic heterocycles. The number of aromatic nitrogens is 1. The molecule has 2 saturated carbocycles. The van der Waals surface area contributed by atoms with Gasteiger partial charge >= 0.3 is 0 Å². The Bertz CT molecular complexity index is 1160. The Morgan fingerprint density at radius 1 is 1.09 bits per heavy atom. The Kier molecular flexibility index (Phi) is 6.40. The van der Waals surface area contributed by atoms with Crippen LogP contribution in [0.25, 0.3) is 16.5 Å². The Hall–Kier alpha value is -2.08. The largest absolute Gasteiger partial charge is 0.393 e. The van der Waals surface area contributed by atoms with Gasteiger partial charge in [-0.05, 0) is 87.4 Å². The molecular formula is C30H39FN2O2. The molecule has 2 aromatic rings. The van der Waals surface area contributed by atoms with Crippen molar-refractivity contribution in [3.05, 3.63) is 59.8 Å². The van der Waals surface area contributed by atoms with E-state index in [9.17, 15) is 10.2 Å². The van der Waals surface area contributed by atoms with Crippen molar-refractivity contribution in [3.63, 3.8) is 0 Å². The van der Waals surface area contributed by atoms with Gasteiger partial charge in [0.2, 0.25) is 0 Å². The smallest absolute Gasteiger partial charge is 0.120 e. The first-order chi connectivity index (χ1) is 16.7. The van der Waals surface area contributed by atoms with E-state index in [0.717, 1.165) is 35.7 Å². The molecule has 0 amide bonds. The lowest BCUT2D eigenvalue weighted by Gasteiger charge is -2.49. The maximum Gasteiger partial charge on any atom is 0.120 e. The number of hydrogen-bond acceptors (Lipinski definition) is 4. The minimum atomic E-state index is -1.39. The van der Waals surface area contributed by atoms with Gasteiger partial charge in [0.25, 0.3) is 0 Å². The molecule has 1 heterocycles. The number of benzene rings is 1. The van der Waals surface area contributed by atoms with E-state index in [-0.39, 0.29) is 30.1 Å². The van der Waals surface area contributed by atoms with Crippen LogP contribution in [-0.2, 0) is 0 Å². The molecule has 0 radical (unpaired) electrons. The Morgan fingerprint density at radius 2 is 1.89 bits per heavy atom. The Morgan fingerprint density at radius 3 is 2.69 bits per heavy atom. The number of aliphatic hydroxyl groups excluding tert-OH is 1. The second-order valence-corrected chi connectivity index (χ2v) is 11.4. The van der Waals surface area contributed by atoms with Crippen LogP contribution in [0.15, 0.2) is 54.3 Å². The van der Waals surface area contributed by atoms with Crippen molar-refractivity contribution in [3.8, 4) is 0 Å². The average Bonchev–Trinajstić information content (AvgIpc) is 3.13. The third-order valence-electron chi connectivity index (χ3n) is 9.30. The molecule has 5 heteroatoms. The normalized spacial score (nSPS) is 38.2. The highest BCUT2D eigenvalue weighted by Gasteiger charge is 2.59. The Balaban J connectivity index is 0.000000806. The van der Waals surface area contributed by atoms with Crippen molar-refractivity contribution in [2.75, 3.05) is 14.1 Å². The standard InChI is InChI=1S/C28H32FNO2.C2H7N/c1-26-13-11-19-16-27(29)17-20(31)8-7-18(27)12-14-28(19,32)25(26)10-9-23(26)21-4-2-6-24-22(21)5-3-15-30-24;1-3-2/h2-6,9,11,15,18,20,25,31-32H,7-8,10,12-14,16-17H2,1H3;3H,1-2H3/t18?,20?,25?,26?,27?,28-;/m1./s1. The number of halogens is 1. The SMILES string of the molecule is CC12CC=C3CC4(F)CC(O)CCC4CC[C@]3(O)C1CC=C2c1cccc2ncccc12.CNC. The van der Waals surface area contributed by atoms with Crippen LogP contribution in [0.5, 0.6) is 0 Å². The van der Waals surface area contributed by atoms with Gasteiger partial charge < -0.3 is 15.5 Å². The molecule has 4 nitrogen and oxygen atoms in total. The summed E-state index contributed by atoms with van der Waals surface area (Å²) in [4.78, 5) is 4.54. The van der Waals surface area contributed by atoms with Crippen LogP contribution in [0.1, 0.15) is 63.9 Å². The lowest BCUT2D eigenvalue weighted by atomic mass is 9.58. The minimum Gasteiger partial charge on any atom is -0.393 e. The molecule has 6 atom stereocenters. The van der Waals surface area contributed by atoms with Crippen LogP contribution < -0.4 is 5.32 Å². The number of aliphatic hydroxyl groups is 2. The number of hydrogen-bond donors (Lipinski definition) is 3. The van der Waals surface area contributed by atoms with E-state index in [4.69, 9.17) is 0 Å². The first-order valence-corrected chi connectivity index (χ1v) is 13.2. The topological polar surface area (TPSA) is 65.4 Å². The molecule has 4 aliphatic carbocycles. The fourth-order valence-corrected chi connectivity index (χ4v) is 7.59. The third-order valence-corrected chi connectivity index (χ3v) is 9.30. The van der Waals surface area contributed by atoms with Crippen molar-refractivity contribution in [2.45, 2.75) is 75.7 Å². The molecule has 1 aromatic carbocycles. The van der Waals surface area contributed by atoms with Gasteiger partial charge in [-0.15, -0.1) is 0 Å². The molecule has 0 saturated heterocycles. The molecule has 188 valence electrons. The lowest BCUT2D eigenvalue weighted by molar-refractivity contribution is -0.0359. The summed E-state index contributed by atoms with van der Waals surface area (Å²) in [7, 11) is 3.75. The highest BCUT2D eigenvalue weighted by Crippen LogP contribution is 2.63. The van der Waals surface area contributed by atoms with Gasteiger partial charge in [0.1, 0.15) is 5.67 Å². The molecule has 6 rings (SSSR count).